The Morgan fingerprint density at radius 1 is 1.06 bits per heavy atom. The van der Waals surface area contributed by atoms with Crippen LogP contribution >= 0.6 is 11.8 Å². The molecule has 1 aromatic heterocycles. The van der Waals surface area contributed by atoms with Gasteiger partial charge in [0.25, 0.3) is 5.22 Å². The van der Waals surface area contributed by atoms with Gasteiger partial charge in [-0.2, -0.15) is 0 Å². The van der Waals surface area contributed by atoms with E-state index in [9.17, 15) is 13.2 Å². The van der Waals surface area contributed by atoms with Gasteiger partial charge in [0, 0.05) is 11.7 Å². The number of methoxy groups -OCH3 is 1. The van der Waals surface area contributed by atoms with Crippen molar-refractivity contribution in [1.82, 2.24) is 14.9 Å². The van der Waals surface area contributed by atoms with Gasteiger partial charge in [-0.25, -0.2) is 13.1 Å². The van der Waals surface area contributed by atoms with Gasteiger partial charge >= 0.3 is 0 Å². The smallest absolute Gasteiger partial charge is 0.277 e. The predicted molar refractivity (Wildman–Crippen MR) is 133 cm³/mol. The van der Waals surface area contributed by atoms with E-state index in [4.69, 9.17) is 9.15 Å². The number of rotatable bonds is 10. The van der Waals surface area contributed by atoms with Gasteiger partial charge in [0.1, 0.15) is 5.75 Å². The van der Waals surface area contributed by atoms with Crippen LogP contribution in [-0.2, 0) is 21.2 Å². The van der Waals surface area contributed by atoms with Crippen LogP contribution in [0.4, 0.5) is 5.69 Å². The standard InChI is InChI=1S/C24H28N4O5S2/c1-32-20-11-7-17(8-12-20)15-23-26-27-24(33-23)34-16-22(29)25-18-9-13-21(14-10-18)35(30,31)28-19-5-3-2-4-6-19/h7-14,19,28H,2-6,15-16H2,1H3,(H,25,29). The fraction of sp³-hybridized carbons (Fsp3) is 0.375. The number of hydrogen-bond acceptors (Lipinski definition) is 8. The topological polar surface area (TPSA) is 123 Å². The van der Waals surface area contributed by atoms with E-state index in [0.29, 0.717) is 23.2 Å². The van der Waals surface area contributed by atoms with Gasteiger partial charge in [-0.1, -0.05) is 43.2 Å². The van der Waals surface area contributed by atoms with Crippen molar-refractivity contribution >= 4 is 33.4 Å². The maximum Gasteiger partial charge on any atom is 0.277 e. The first-order valence-corrected chi connectivity index (χ1v) is 13.9. The van der Waals surface area contributed by atoms with Crippen molar-refractivity contribution in [3.63, 3.8) is 0 Å². The van der Waals surface area contributed by atoms with Crippen molar-refractivity contribution in [3.8, 4) is 5.75 Å². The number of hydrogen-bond donors (Lipinski definition) is 2. The molecule has 0 radical (unpaired) electrons. The zero-order chi connectivity index (χ0) is 24.7. The Morgan fingerprint density at radius 3 is 2.46 bits per heavy atom. The molecule has 1 aliphatic carbocycles. The summed E-state index contributed by atoms with van der Waals surface area (Å²) >= 11 is 1.13. The highest BCUT2D eigenvalue weighted by Crippen LogP contribution is 2.22. The average Bonchev–Trinajstić information content (AvgIpc) is 3.31. The summed E-state index contributed by atoms with van der Waals surface area (Å²) in [5.41, 5.74) is 1.51. The molecule has 0 unspecified atom stereocenters. The minimum Gasteiger partial charge on any atom is -0.497 e. The van der Waals surface area contributed by atoms with E-state index in [1.807, 2.05) is 24.3 Å². The molecule has 1 amide bonds. The second kappa shape index (κ2) is 11.7. The summed E-state index contributed by atoms with van der Waals surface area (Å²) in [7, 11) is -1.96. The van der Waals surface area contributed by atoms with Crippen molar-refractivity contribution in [1.29, 1.82) is 0 Å². The van der Waals surface area contributed by atoms with E-state index < -0.39 is 10.0 Å². The summed E-state index contributed by atoms with van der Waals surface area (Å²) in [6.07, 6.45) is 5.46. The number of sulfonamides is 1. The maximum absolute atomic E-state index is 12.6. The van der Waals surface area contributed by atoms with Crippen molar-refractivity contribution < 1.29 is 22.4 Å². The van der Waals surface area contributed by atoms with E-state index >= 15 is 0 Å². The highest BCUT2D eigenvalue weighted by atomic mass is 32.2. The number of carbonyl (C=O) groups excluding carboxylic acids is 1. The molecule has 1 fully saturated rings. The molecule has 11 heteroatoms. The molecule has 3 aromatic rings. The molecule has 2 aromatic carbocycles. The van der Waals surface area contributed by atoms with Crippen molar-refractivity contribution in [3.05, 3.63) is 60.0 Å². The van der Waals surface area contributed by atoms with Crippen LogP contribution in [0.25, 0.3) is 0 Å². The van der Waals surface area contributed by atoms with Crippen LogP contribution in [0.3, 0.4) is 0 Å². The number of anilines is 1. The molecule has 0 aliphatic heterocycles. The molecule has 0 bridgehead atoms. The Labute approximate surface area is 209 Å². The third-order valence-electron chi connectivity index (χ3n) is 5.66. The number of carbonyl (C=O) groups is 1. The summed E-state index contributed by atoms with van der Waals surface area (Å²) in [5.74, 6) is 1.04. The molecule has 35 heavy (non-hydrogen) atoms. The van der Waals surface area contributed by atoms with E-state index in [1.165, 1.54) is 12.1 Å². The minimum atomic E-state index is -3.58. The quantitative estimate of drug-likeness (QED) is 0.388. The number of ether oxygens (including phenoxy) is 1. The lowest BCUT2D eigenvalue weighted by atomic mass is 9.96. The van der Waals surface area contributed by atoms with Crippen molar-refractivity contribution in [2.75, 3.05) is 18.2 Å². The van der Waals surface area contributed by atoms with Gasteiger partial charge in [0.05, 0.1) is 24.2 Å². The number of aromatic nitrogens is 2. The van der Waals surface area contributed by atoms with Crippen LogP contribution in [0.2, 0.25) is 0 Å². The number of benzene rings is 2. The second-order valence-corrected chi connectivity index (χ2v) is 10.9. The Hall–Kier alpha value is -2.89. The lowest BCUT2D eigenvalue weighted by Crippen LogP contribution is -2.36. The first kappa shape index (κ1) is 25.2. The Bertz CT molecular complexity index is 1220. The molecule has 4 rings (SSSR count). The van der Waals surface area contributed by atoms with Crippen LogP contribution in [-0.4, -0.2) is 43.4 Å². The largest absolute Gasteiger partial charge is 0.497 e. The van der Waals surface area contributed by atoms with E-state index in [1.54, 1.807) is 19.2 Å². The second-order valence-electron chi connectivity index (χ2n) is 8.30. The number of nitrogens with one attached hydrogen (secondary N) is 2. The lowest BCUT2D eigenvalue weighted by Gasteiger charge is -2.22. The Kier molecular flexibility index (Phi) is 8.42. The molecule has 1 aliphatic rings. The normalized spacial score (nSPS) is 14.5. The molecular formula is C24H28N4O5S2. The fourth-order valence-electron chi connectivity index (χ4n) is 3.84. The van der Waals surface area contributed by atoms with Gasteiger partial charge in [0.15, 0.2) is 0 Å². The first-order valence-electron chi connectivity index (χ1n) is 11.4. The Morgan fingerprint density at radius 2 is 1.77 bits per heavy atom. The van der Waals surface area contributed by atoms with E-state index in [2.05, 4.69) is 20.2 Å². The zero-order valence-electron chi connectivity index (χ0n) is 19.4. The predicted octanol–water partition coefficient (Wildman–Crippen LogP) is 4.01. The van der Waals surface area contributed by atoms with Crippen LogP contribution in [0, 0.1) is 0 Å². The molecule has 1 heterocycles. The summed E-state index contributed by atoms with van der Waals surface area (Å²) in [6, 6.07) is 13.7. The van der Waals surface area contributed by atoms with Crippen LogP contribution in [0.5, 0.6) is 5.75 Å². The van der Waals surface area contributed by atoms with Crippen LogP contribution < -0.4 is 14.8 Å². The van der Waals surface area contributed by atoms with E-state index in [-0.39, 0.29) is 22.6 Å². The zero-order valence-corrected chi connectivity index (χ0v) is 21.0. The molecular weight excluding hydrogens is 488 g/mol. The third-order valence-corrected chi connectivity index (χ3v) is 8.02. The SMILES string of the molecule is COc1ccc(Cc2nnc(SCC(=O)Nc3ccc(S(=O)(=O)NC4CCCCC4)cc3)o2)cc1. The number of thioether (sulfide) groups is 1. The van der Waals surface area contributed by atoms with Gasteiger partial charge in [-0.15, -0.1) is 10.2 Å². The summed E-state index contributed by atoms with van der Waals surface area (Å²) in [4.78, 5) is 12.5. The van der Waals surface area contributed by atoms with Crippen LogP contribution in [0.15, 0.2) is 63.1 Å². The summed E-state index contributed by atoms with van der Waals surface area (Å²) in [6.45, 7) is 0. The molecule has 0 saturated heterocycles. The average molecular weight is 517 g/mol. The summed E-state index contributed by atoms with van der Waals surface area (Å²) < 4.78 is 38.8. The highest BCUT2D eigenvalue weighted by molar-refractivity contribution is 7.99. The van der Waals surface area contributed by atoms with E-state index in [0.717, 1.165) is 55.2 Å². The van der Waals surface area contributed by atoms with Crippen molar-refractivity contribution in [2.24, 2.45) is 0 Å². The summed E-state index contributed by atoms with van der Waals surface area (Å²) in [5, 5.41) is 11.1. The third kappa shape index (κ3) is 7.30. The molecule has 9 nitrogen and oxygen atoms in total. The maximum atomic E-state index is 12.6. The van der Waals surface area contributed by atoms with Gasteiger partial charge in [0.2, 0.25) is 21.8 Å². The molecule has 1 saturated carbocycles. The number of nitrogens with zero attached hydrogens (tertiary/aromatic N) is 2. The van der Waals surface area contributed by atoms with Gasteiger partial charge < -0.3 is 14.5 Å². The molecule has 186 valence electrons. The number of amides is 1. The van der Waals surface area contributed by atoms with Gasteiger partial charge in [-0.05, 0) is 54.8 Å². The lowest BCUT2D eigenvalue weighted by molar-refractivity contribution is -0.113. The highest BCUT2D eigenvalue weighted by Gasteiger charge is 2.21. The van der Waals surface area contributed by atoms with Crippen molar-refractivity contribution in [2.45, 2.75) is 54.7 Å². The van der Waals surface area contributed by atoms with Crippen LogP contribution in [0.1, 0.15) is 43.6 Å². The Balaban J connectivity index is 1.25. The minimum absolute atomic E-state index is 0.00780. The molecule has 0 atom stereocenters. The van der Waals surface area contributed by atoms with Gasteiger partial charge in [-0.3, -0.25) is 4.79 Å². The molecule has 2 N–H and O–H groups in total. The monoisotopic (exact) mass is 516 g/mol. The fourth-order valence-corrected chi connectivity index (χ4v) is 5.72. The first-order chi connectivity index (χ1) is 16.9. The molecule has 0 spiro atoms.